The number of nitrogens with zero attached hydrogens (tertiary/aromatic N) is 2. The maximum Gasteiger partial charge on any atom is 0.319 e. The van der Waals surface area contributed by atoms with Crippen molar-refractivity contribution in [2.75, 3.05) is 17.2 Å². The van der Waals surface area contributed by atoms with Gasteiger partial charge in [0, 0.05) is 32.0 Å². The van der Waals surface area contributed by atoms with Gasteiger partial charge in [-0.25, -0.2) is 4.79 Å². The number of benzene rings is 1. The topological polar surface area (TPSA) is 71.0 Å². The Bertz CT molecular complexity index is 618. The van der Waals surface area contributed by atoms with E-state index in [1.165, 1.54) is 0 Å². The van der Waals surface area contributed by atoms with Gasteiger partial charge in [-0.3, -0.25) is 4.68 Å². The van der Waals surface area contributed by atoms with E-state index in [2.05, 4.69) is 28.0 Å². The lowest BCUT2D eigenvalue weighted by molar-refractivity contribution is 0.251. The first-order valence-corrected chi connectivity index (χ1v) is 7.46. The van der Waals surface area contributed by atoms with Crippen molar-refractivity contribution >= 4 is 17.4 Å². The number of aryl methyl sites for hydroxylation is 2. The van der Waals surface area contributed by atoms with Gasteiger partial charge in [0.1, 0.15) is 0 Å². The van der Waals surface area contributed by atoms with E-state index in [1.807, 2.05) is 38.2 Å². The quantitative estimate of drug-likeness (QED) is 0.768. The Kier molecular flexibility index (Phi) is 5.41. The summed E-state index contributed by atoms with van der Waals surface area (Å²) >= 11 is 0. The number of amides is 2. The van der Waals surface area contributed by atoms with Crippen molar-refractivity contribution in [1.29, 1.82) is 0 Å². The molecular formula is C16H23N5O. The fraction of sp³-hybridized carbons (Fsp3) is 0.375. The van der Waals surface area contributed by atoms with Crippen molar-refractivity contribution in [2.45, 2.75) is 26.8 Å². The summed E-state index contributed by atoms with van der Waals surface area (Å²) in [5.74, 6) is 0. The minimum absolute atomic E-state index is 0.232. The van der Waals surface area contributed by atoms with Gasteiger partial charge >= 0.3 is 6.03 Å². The number of hydrogen-bond acceptors (Lipinski definition) is 3. The summed E-state index contributed by atoms with van der Waals surface area (Å²) in [6.07, 6.45) is 2.88. The number of carbonyl (C=O) groups is 1. The summed E-state index contributed by atoms with van der Waals surface area (Å²) in [5, 5.41) is 13.1. The largest absolute Gasteiger partial charge is 0.385 e. The zero-order valence-corrected chi connectivity index (χ0v) is 13.3. The number of urea groups is 1. The molecule has 0 spiro atoms. The highest BCUT2D eigenvalue weighted by Gasteiger charge is 2.07. The van der Waals surface area contributed by atoms with Crippen LogP contribution in [0.1, 0.15) is 24.6 Å². The predicted molar refractivity (Wildman–Crippen MR) is 89.0 cm³/mol. The van der Waals surface area contributed by atoms with Crippen LogP contribution in [0, 0.1) is 6.92 Å². The van der Waals surface area contributed by atoms with Gasteiger partial charge in [0.2, 0.25) is 0 Å². The number of carbonyl (C=O) groups excluding carboxylic acids is 1. The van der Waals surface area contributed by atoms with Crippen LogP contribution >= 0.6 is 0 Å². The van der Waals surface area contributed by atoms with Crippen molar-refractivity contribution in [3.05, 3.63) is 41.7 Å². The maximum atomic E-state index is 11.9. The van der Waals surface area contributed by atoms with Gasteiger partial charge in [-0.2, -0.15) is 5.10 Å². The number of rotatable bonds is 6. The Morgan fingerprint density at radius 2 is 2.00 bits per heavy atom. The second-order valence-corrected chi connectivity index (χ2v) is 5.23. The molecule has 1 heterocycles. The fourth-order valence-electron chi connectivity index (χ4n) is 2.08. The van der Waals surface area contributed by atoms with Gasteiger partial charge in [0.05, 0.1) is 11.4 Å². The van der Waals surface area contributed by atoms with Crippen molar-refractivity contribution < 1.29 is 4.79 Å². The van der Waals surface area contributed by atoms with Crippen LogP contribution in [0.4, 0.5) is 16.2 Å². The minimum atomic E-state index is -0.232. The van der Waals surface area contributed by atoms with Gasteiger partial charge < -0.3 is 16.0 Å². The fourth-order valence-corrected chi connectivity index (χ4v) is 2.08. The van der Waals surface area contributed by atoms with E-state index < -0.39 is 0 Å². The average molecular weight is 301 g/mol. The molecule has 0 aliphatic rings. The second-order valence-electron chi connectivity index (χ2n) is 5.23. The summed E-state index contributed by atoms with van der Waals surface area (Å²) in [7, 11) is 1.82. The SMILES string of the molecule is CCCNc1ccc(CNC(=O)Nc2cn(C)nc2C)cc1. The molecule has 2 rings (SSSR count). The third-order valence-corrected chi connectivity index (χ3v) is 3.25. The van der Waals surface area contributed by atoms with E-state index >= 15 is 0 Å². The Hall–Kier alpha value is -2.50. The van der Waals surface area contributed by atoms with Gasteiger partial charge in [0.15, 0.2) is 0 Å². The molecule has 0 aliphatic heterocycles. The molecule has 1 aromatic carbocycles. The third kappa shape index (κ3) is 4.51. The second kappa shape index (κ2) is 7.49. The molecule has 2 aromatic rings. The van der Waals surface area contributed by atoms with E-state index in [9.17, 15) is 4.79 Å². The third-order valence-electron chi connectivity index (χ3n) is 3.25. The van der Waals surface area contributed by atoms with Crippen LogP contribution < -0.4 is 16.0 Å². The normalized spacial score (nSPS) is 10.3. The average Bonchev–Trinajstić information content (AvgIpc) is 2.81. The lowest BCUT2D eigenvalue weighted by Gasteiger charge is -2.08. The minimum Gasteiger partial charge on any atom is -0.385 e. The lowest BCUT2D eigenvalue weighted by atomic mass is 10.2. The molecule has 2 amide bonds. The molecule has 0 fully saturated rings. The van der Waals surface area contributed by atoms with Gasteiger partial charge in [0.25, 0.3) is 0 Å². The molecule has 6 nitrogen and oxygen atoms in total. The number of anilines is 2. The van der Waals surface area contributed by atoms with E-state index in [-0.39, 0.29) is 6.03 Å². The monoisotopic (exact) mass is 301 g/mol. The molecule has 1 aromatic heterocycles. The first kappa shape index (κ1) is 15.9. The van der Waals surface area contributed by atoms with Gasteiger partial charge in [-0.05, 0) is 31.0 Å². The first-order valence-electron chi connectivity index (χ1n) is 7.46. The molecule has 0 unspecified atom stereocenters. The lowest BCUT2D eigenvalue weighted by Crippen LogP contribution is -2.28. The van der Waals surface area contributed by atoms with Gasteiger partial charge in [-0.15, -0.1) is 0 Å². The summed E-state index contributed by atoms with van der Waals surface area (Å²) in [4.78, 5) is 11.9. The summed E-state index contributed by atoms with van der Waals surface area (Å²) in [6, 6.07) is 7.83. The van der Waals surface area contributed by atoms with Crippen molar-refractivity contribution in [3.8, 4) is 0 Å². The smallest absolute Gasteiger partial charge is 0.319 e. The van der Waals surface area contributed by atoms with E-state index in [0.717, 1.165) is 35.6 Å². The molecule has 0 saturated carbocycles. The highest BCUT2D eigenvalue weighted by atomic mass is 16.2. The summed E-state index contributed by atoms with van der Waals surface area (Å²) in [6.45, 7) is 5.44. The highest BCUT2D eigenvalue weighted by molar-refractivity contribution is 5.89. The molecule has 0 bridgehead atoms. The summed E-state index contributed by atoms with van der Waals surface area (Å²) < 4.78 is 1.67. The van der Waals surface area contributed by atoms with Crippen molar-refractivity contribution in [1.82, 2.24) is 15.1 Å². The molecule has 22 heavy (non-hydrogen) atoms. The van der Waals surface area contributed by atoms with Crippen molar-refractivity contribution in [2.24, 2.45) is 7.05 Å². The standard InChI is InChI=1S/C16H23N5O/c1-4-9-17-14-7-5-13(6-8-14)10-18-16(22)19-15-11-21(3)20-12(15)2/h5-8,11,17H,4,9-10H2,1-3H3,(H2,18,19,22). The summed E-state index contributed by atoms with van der Waals surface area (Å²) in [5.41, 5.74) is 3.67. The van der Waals surface area contributed by atoms with Crippen LogP contribution in [0.5, 0.6) is 0 Å². The number of aromatic nitrogens is 2. The highest BCUT2D eigenvalue weighted by Crippen LogP contribution is 2.12. The number of nitrogens with one attached hydrogen (secondary N) is 3. The molecule has 3 N–H and O–H groups in total. The Labute approximate surface area is 130 Å². The Morgan fingerprint density at radius 3 is 2.59 bits per heavy atom. The predicted octanol–water partition coefficient (Wildman–Crippen LogP) is 2.87. The zero-order chi connectivity index (χ0) is 15.9. The van der Waals surface area contributed by atoms with Gasteiger partial charge in [-0.1, -0.05) is 19.1 Å². The van der Waals surface area contributed by atoms with Crippen LogP contribution in [0.25, 0.3) is 0 Å². The number of hydrogen-bond donors (Lipinski definition) is 3. The van der Waals surface area contributed by atoms with E-state index in [1.54, 1.807) is 10.9 Å². The van der Waals surface area contributed by atoms with Crippen LogP contribution in [0.2, 0.25) is 0 Å². The zero-order valence-electron chi connectivity index (χ0n) is 13.3. The Balaban J connectivity index is 1.82. The van der Waals surface area contributed by atoms with E-state index in [4.69, 9.17) is 0 Å². The Morgan fingerprint density at radius 1 is 1.27 bits per heavy atom. The van der Waals surface area contributed by atoms with Crippen LogP contribution in [-0.4, -0.2) is 22.4 Å². The van der Waals surface area contributed by atoms with Crippen molar-refractivity contribution in [3.63, 3.8) is 0 Å². The molecule has 0 atom stereocenters. The molecule has 118 valence electrons. The molecule has 6 heteroatoms. The maximum absolute atomic E-state index is 11.9. The molecule has 0 radical (unpaired) electrons. The van der Waals surface area contributed by atoms with Crippen LogP contribution in [-0.2, 0) is 13.6 Å². The van der Waals surface area contributed by atoms with E-state index in [0.29, 0.717) is 6.54 Å². The molecular weight excluding hydrogens is 278 g/mol. The molecule has 0 aliphatic carbocycles. The first-order chi connectivity index (χ1) is 10.6. The van der Waals surface area contributed by atoms with Crippen LogP contribution in [0.15, 0.2) is 30.5 Å². The molecule has 0 saturated heterocycles. The van der Waals surface area contributed by atoms with Crippen LogP contribution in [0.3, 0.4) is 0 Å².